The van der Waals surface area contributed by atoms with Crippen molar-refractivity contribution in [3.05, 3.63) is 42.4 Å². The van der Waals surface area contributed by atoms with Crippen LogP contribution < -0.4 is 10.6 Å². The molecule has 1 amide bonds. The molecule has 0 radical (unpaired) electrons. The fourth-order valence-electron chi connectivity index (χ4n) is 1.75. The summed E-state index contributed by atoms with van der Waals surface area (Å²) < 4.78 is 0. The minimum Gasteiger partial charge on any atom is -0.370 e. The molecule has 0 saturated heterocycles. The number of pyridine rings is 1. The second kappa shape index (κ2) is 6.58. The highest BCUT2D eigenvalue weighted by molar-refractivity contribution is 5.90. The number of nitrogens with one attached hydrogen (secondary N) is 3. The Morgan fingerprint density at radius 3 is 2.89 bits per heavy atom. The molecule has 100 valence electrons. The predicted octanol–water partition coefficient (Wildman–Crippen LogP) is 2.41. The van der Waals surface area contributed by atoms with Crippen LogP contribution in [-0.2, 0) is 11.2 Å². The van der Waals surface area contributed by atoms with Gasteiger partial charge in [0.2, 0.25) is 5.91 Å². The van der Waals surface area contributed by atoms with Gasteiger partial charge in [-0.15, -0.1) is 0 Å². The van der Waals surface area contributed by atoms with Crippen LogP contribution in [0.1, 0.15) is 19.0 Å². The molecule has 2 rings (SSSR count). The van der Waals surface area contributed by atoms with Gasteiger partial charge in [0.25, 0.3) is 0 Å². The molecule has 0 aromatic carbocycles. The van der Waals surface area contributed by atoms with Gasteiger partial charge in [0.15, 0.2) is 0 Å². The summed E-state index contributed by atoms with van der Waals surface area (Å²) in [5.41, 5.74) is 1.79. The number of H-pyrrole nitrogens is 1. The number of nitrogens with zero attached hydrogens (tertiary/aromatic N) is 1. The third-order valence-electron chi connectivity index (χ3n) is 2.69. The largest absolute Gasteiger partial charge is 0.370 e. The number of hydrogen-bond donors (Lipinski definition) is 3. The summed E-state index contributed by atoms with van der Waals surface area (Å²) in [6.07, 6.45) is 4.68. The van der Waals surface area contributed by atoms with E-state index in [1.165, 1.54) is 0 Å². The fraction of sp³-hybridized carbons (Fsp3) is 0.286. The monoisotopic (exact) mass is 258 g/mol. The van der Waals surface area contributed by atoms with Gasteiger partial charge in [-0.25, -0.2) is 4.98 Å². The topological polar surface area (TPSA) is 69.8 Å². The first-order valence-electron chi connectivity index (χ1n) is 6.40. The quantitative estimate of drug-likeness (QED) is 0.745. The maximum atomic E-state index is 11.7. The van der Waals surface area contributed by atoms with Gasteiger partial charge in [-0.3, -0.25) is 4.79 Å². The van der Waals surface area contributed by atoms with Crippen molar-refractivity contribution in [1.29, 1.82) is 0 Å². The van der Waals surface area contributed by atoms with Crippen molar-refractivity contribution in [3.63, 3.8) is 0 Å². The summed E-state index contributed by atoms with van der Waals surface area (Å²) in [5.74, 6) is 0.805. The van der Waals surface area contributed by atoms with Crippen LogP contribution in [0.4, 0.5) is 11.5 Å². The summed E-state index contributed by atoms with van der Waals surface area (Å²) in [6, 6.07) is 7.60. The third kappa shape index (κ3) is 4.13. The van der Waals surface area contributed by atoms with Crippen molar-refractivity contribution in [2.45, 2.75) is 19.8 Å². The fourth-order valence-corrected chi connectivity index (χ4v) is 1.75. The summed E-state index contributed by atoms with van der Waals surface area (Å²) in [7, 11) is 0. The third-order valence-corrected chi connectivity index (χ3v) is 2.69. The second-order valence-corrected chi connectivity index (χ2v) is 4.21. The zero-order valence-electron chi connectivity index (χ0n) is 10.9. The van der Waals surface area contributed by atoms with Crippen LogP contribution in [0.15, 0.2) is 36.7 Å². The van der Waals surface area contributed by atoms with Gasteiger partial charge < -0.3 is 15.6 Å². The van der Waals surface area contributed by atoms with Gasteiger partial charge in [0.05, 0.1) is 11.9 Å². The smallest absolute Gasteiger partial charge is 0.224 e. The van der Waals surface area contributed by atoms with E-state index >= 15 is 0 Å². The number of carbonyl (C=O) groups excluding carboxylic acids is 1. The number of rotatable bonds is 6. The van der Waals surface area contributed by atoms with E-state index < -0.39 is 0 Å². The van der Waals surface area contributed by atoms with Crippen LogP contribution in [0, 0.1) is 0 Å². The van der Waals surface area contributed by atoms with Crippen molar-refractivity contribution >= 4 is 17.4 Å². The Hall–Kier alpha value is -2.30. The number of aryl methyl sites for hydroxylation is 1. The molecule has 0 saturated carbocycles. The molecule has 19 heavy (non-hydrogen) atoms. The highest BCUT2D eigenvalue weighted by Gasteiger charge is 2.04. The number of carbonyl (C=O) groups is 1. The molecule has 0 aliphatic carbocycles. The van der Waals surface area contributed by atoms with E-state index in [1.54, 1.807) is 6.20 Å². The highest BCUT2D eigenvalue weighted by Crippen LogP contribution is 2.10. The van der Waals surface area contributed by atoms with Gasteiger partial charge in [0.1, 0.15) is 5.82 Å². The predicted molar refractivity (Wildman–Crippen MR) is 76.1 cm³/mol. The van der Waals surface area contributed by atoms with E-state index in [-0.39, 0.29) is 5.91 Å². The summed E-state index contributed by atoms with van der Waals surface area (Å²) in [5, 5.41) is 5.93. The van der Waals surface area contributed by atoms with Gasteiger partial charge in [0, 0.05) is 24.9 Å². The van der Waals surface area contributed by atoms with Crippen molar-refractivity contribution in [2.75, 3.05) is 17.2 Å². The molecule has 2 heterocycles. The average Bonchev–Trinajstić information content (AvgIpc) is 2.92. The molecule has 0 unspecified atom stereocenters. The summed E-state index contributed by atoms with van der Waals surface area (Å²) in [6.45, 7) is 2.84. The maximum absolute atomic E-state index is 11.7. The summed E-state index contributed by atoms with van der Waals surface area (Å²) in [4.78, 5) is 19.0. The van der Waals surface area contributed by atoms with Crippen molar-refractivity contribution in [1.82, 2.24) is 9.97 Å². The first-order valence-corrected chi connectivity index (χ1v) is 6.40. The molecular formula is C14H18N4O. The Bertz CT molecular complexity index is 505. The zero-order chi connectivity index (χ0) is 13.5. The van der Waals surface area contributed by atoms with E-state index in [0.717, 1.165) is 23.7 Å². The van der Waals surface area contributed by atoms with Crippen LogP contribution >= 0.6 is 0 Å². The molecule has 0 aliphatic rings. The Morgan fingerprint density at radius 1 is 1.37 bits per heavy atom. The molecular weight excluding hydrogens is 240 g/mol. The number of aromatic amines is 1. The Morgan fingerprint density at radius 2 is 2.26 bits per heavy atom. The van der Waals surface area contributed by atoms with E-state index in [4.69, 9.17) is 0 Å². The molecule has 5 heteroatoms. The van der Waals surface area contributed by atoms with Crippen LogP contribution in [-0.4, -0.2) is 22.4 Å². The Balaban J connectivity index is 1.81. The minimum absolute atomic E-state index is 0.00685. The van der Waals surface area contributed by atoms with E-state index in [2.05, 4.69) is 20.6 Å². The van der Waals surface area contributed by atoms with Crippen LogP contribution in [0.2, 0.25) is 0 Å². The van der Waals surface area contributed by atoms with Crippen LogP contribution in [0.3, 0.4) is 0 Å². The van der Waals surface area contributed by atoms with Crippen molar-refractivity contribution in [3.8, 4) is 0 Å². The SMILES string of the molecule is CCNc1ccc(NC(=O)CCc2ccc[nH]2)cn1. The van der Waals surface area contributed by atoms with Gasteiger partial charge in [-0.1, -0.05) is 0 Å². The number of amides is 1. The zero-order valence-corrected chi connectivity index (χ0v) is 10.9. The highest BCUT2D eigenvalue weighted by atomic mass is 16.1. The molecule has 0 spiro atoms. The molecule has 0 atom stereocenters. The van der Waals surface area contributed by atoms with Crippen molar-refractivity contribution in [2.24, 2.45) is 0 Å². The molecule has 2 aromatic rings. The molecule has 0 fully saturated rings. The summed E-state index contributed by atoms with van der Waals surface area (Å²) >= 11 is 0. The minimum atomic E-state index is -0.00685. The standard InChI is InChI=1S/C14H18N4O/c1-2-15-13-7-5-12(10-17-13)18-14(19)8-6-11-4-3-9-16-11/h3-5,7,9-10,16H,2,6,8H2,1H3,(H,15,17)(H,18,19). The molecule has 5 nitrogen and oxygen atoms in total. The number of hydrogen-bond acceptors (Lipinski definition) is 3. The lowest BCUT2D eigenvalue weighted by molar-refractivity contribution is -0.116. The van der Waals surface area contributed by atoms with Gasteiger partial charge in [-0.05, 0) is 37.6 Å². The lowest BCUT2D eigenvalue weighted by atomic mass is 10.2. The maximum Gasteiger partial charge on any atom is 0.224 e. The number of anilines is 2. The van der Waals surface area contributed by atoms with Gasteiger partial charge >= 0.3 is 0 Å². The first-order chi connectivity index (χ1) is 9.28. The molecule has 2 aromatic heterocycles. The molecule has 3 N–H and O–H groups in total. The lowest BCUT2D eigenvalue weighted by Gasteiger charge is -2.06. The average molecular weight is 258 g/mol. The van der Waals surface area contributed by atoms with Crippen molar-refractivity contribution < 1.29 is 4.79 Å². The second-order valence-electron chi connectivity index (χ2n) is 4.21. The van der Waals surface area contributed by atoms with E-state index in [0.29, 0.717) is 12.8 Å². The molecule has 0 bridgehead atoms. The first kappa shape index (κ1) is 13.1. The van der Waals surface area contributed by atoms with Crippen LogP contribution in [0.5, 0.6) is 0 Å². The Labute approximate surface area is 112 Å². The van der Waals surface area contributed by atoms with E-state index in [9.17, 15) is 4.79 Å². The lowest BCUT2D eigenvalue weighted by Crippen LogP contribution is -2.12. The van der Waals surface area contributed by atoms with Crippen LogP contribution in [0.25, 0.3) is 0 Å². The molecule has 0 aliphatic heterocycles. The normalized spacial score (nSPS) is 10.2. The number of aromatic nitrogens is 2. The Kier molecular flexibility index (Phi) is 4.55. The van der Waals surface area contributed by atoms with Gasteiger partial charge in [-0.2, -0.15) is 0 Å². The van der Waals surface area contributed by atoms with E-state index in [1.807, 2.05) is 37.4 Å².